The van der Waals surface area contributed by atoms with E-state index in [1.165, 1.54) is 68.8 Å². The predicted molar refractivity (Wildman–Crippen MR) is 135 cm³/mol. The Hall–Kier alpha value is -1.96. The molecule has 2 aliphatic heterocycles. The molecule has 172 valence electrons. The smallest absolute Gasteiger partial charge is 0.169 e. The number of piperidine rings is 2. The molecule has 1 aromatic heterocycles. The topological polar surface area (TPSA) is 73.7 Å². The molecule has 0 atom stereocenters. The molecule has 3 N–H and O–H groups in total. The van der Waals surface area contributed by atoms with Crippen LogP contribution in [0.25, 0.3) is 11.0 Å². The zero-order valence-electron chi connectivity index (χ0n) is 19.5. The Morgan fingerprint density at radius 2 is 1.88 bits per heavy atom. The lowest BCUT2D eigenvalue weighted by atomic mass is 9.94. The summed E-state index contributed by atoms with van der Waals surface area (Å²) < 4.78 is 2.50. The van der Waals surface area contributed by atoms with Crippen molar-refractivity contribution < 1.29 is 5.41 Å². The molecular weight excluding hydrogens is 416 g/mol. The van der Waals surface area contributed by atoms with Crippen molar-refractivity contribution in [2.45, 2.75) is 43.8 Å². The molecule has 7 heteroatoms. The number of aromatic nitrogens is 2. The summed E-state index contributed by atoms with van der Waals surface area (Å²) in [6, 6.07) is 7.22. The first-order valence-corrected chi connectivity index (χ1v) is 13.1. The van der Waals surface area contributed by atoms with Gasteiger partial charge in [0, 0.05) is 44.5 Å². The van der Waals surface area contributed by atoms with Crippen molar-refractivity contribution in [3.05, 3.63) is 35.4 Å². The highest BCUT2D eigenvalue weighted by molar-refractivity contribution is 7.98. The summed E-state index contributed by atoms with van der Waals surface area (Å²) in [6.45, 7) is 8.80. The maximum atomic E-state index is 7.53. The number of benzene rings is 1. The molecule has 4 rings (SSSR count). The summed E-state index contributed by atoms with van der Waals surface area (Å²) in [6.07, 6.45) is 11.8. The number of aryl methyl sites for hydroxylation is 1. The number of nitrogens with two attached hydrogens (primary N) is 1. The van der Waals surface area contributed by atoms with E-state index in [1.807, 2.05) is 6.08 Å². The number of hydrogen-bond acceptors (Lipinski definition) is 5. The maximum absolute atomic E-state index is 7.53. The minimum atomic E-state index is 0.550. The Morgan fingerprint density at radius 1 is 1.16 bits per heavy atom. The van der Waals surface area contributed by atoms with Crippen LogP contribution in [0.2, 0.25) is 0 Å². The van der Waals surface area contributed by atoms with E-state index in [1.54, 1.807) is 11.8 Å². The van der Waals surface area contributed by atoms with Crippen LogP contribution in [-0.4, -0.2) is 77.3 Å². The zero-order chi connectivity index (χ0) is 22.5. The summed E-state index contributed by atoms with van der Waals surface area (Å²) in [5, 5.41) is 14.2. The number of hydrogen-bond donors (Lipinski definition) is 2. The molecule has 0 radical (unpaired) electrons. The Balaban J connectivity index is 1.29. The van der Waals surface area contributed by atoms with Crippen LogP contribution >= 0.6 is 11.8 Å². The van der Waals surface area contributed by atoms with Crippen LogP contribution in [-0.2, 0) is 0 Å². The lowest BCUT2D eigenvalue weighted by Gasteiger charge is -2.38. The molecule has 2 aromatic rings. The Morgan fingerprint density at radius 3 is 2.53 bits per heavy atom. The first kappa shape index (κ1) is 23.2. The molecule has 1 aromatic carbocycles. The summed E-state index contributed by atoms with van der Waals surface area (Å²) in [4.78, 5) is 10.0. The number of likely N-dealkylation sites (tertiary alicyclic amines) is 2. The summed E-state index contributed by atoms with van der Waals surface area (Å²) >= 11 is 1.77. The first-order valence-electron chi connectivity index (χ1n) is 11.8. The van der Waals surface area contributed by atoms with Crippen molar-refractivity contribution in [1.29, 1.82) is 5.41 Å². The number of nitrogens with one attached hydrogen (secondary N) is 1. The van der Waals surface area contributed by atoms with E-state index >= 15 is 0 Å². The molecule has 0 aliphatic carbocycles. The highest BCUT2D eigenvalue weighted by atomic mass is 32.2. The predicted octanol–water partition coefficient (Wildman–Crippen LogP) is 2.82. The standard InChI is InChI=1S/C25H36N6S/c1-19-3-4-24-23(15-19)28-25(32-2)31(24)22-8-13-30(14-9-22)17-20-6-11-29(12-7-20)18-21(16-27)5-10-26/h3-5,10,15-16,20,22,26-27H,6-9,11-14,17-18H2,1-2H3/p+1/b21-5+,26-10?,27-16?. The number of fused-ring (bicyclic) bond motifs is 1. The lowest BCUT2D eigenvalue weighted by molar-refractivity contribution is -0.104. The highest BCUT2D eigenvalue weighted by Crippen LogP contribution is 2.33. The van der Waals surface area contributed by atoms with Gasteiger partial charge in [-0.15, -0.1) is 0 Å². The van der Waals surface area contributed by atoms with Gasteiger partial charge in [0.25, 0.3) is 0 Å². The number of rotatable bonds is 8. The number of allylic oxidation sites excluding steroid dienone is 1. The molecular formula is C25H37N6S+. The van der Waals surface area contributed by atoms with Gasteiger partial charge in [0.05, 0.1) is 11.0 Å². The fourth-order valence-corrected chi connectivity index (χ4v) is 5.90. The third kappa shape index (κ3) is 5.33. The molecule has 2 saturated heterocycles. The fraction of sp³-hybridized carbons (Fsp3) is 0.560. The van der Waals surface area contributed by atoms with Crippen LogP contribution in [0.1, 0.15) is 37.3 Å². The summed E-state index contributed by atoms with van der Waals surface area (Å²) in [5.74, 6) is 0.787. The van der Waals surface area contributed by atoms with Crippen LogP contribution in [0, 0.1) is 18.3 Å². The lowest BCUT2D eigenvalue weighted by Crippen LogP contribution is -2.42. The number of imidazole rings is 1. The van der Waals surface area contributed by atoms with Crippen molar-refractivity contribution in [3.63, 3.8) is 0 Å². The minimum absolute atomic E-state index is 0.550. The van der Waals surface area contributed by atoms with Crippen LogP contribution < -0.4 is 5.41 Å². The van der Waals surface area contributed by atoms with Gasteiger partial charge in [0.15, 0.2) is 11.4 Å². The SMILES string of the molecule is CSc1nc2cc(C)ccc2n1C1CCN(CC2CCN(C/C(C=N)=C/C=[NH2+])CC2)CC1. The van der Waals surface area contributed by atoms with E-state index in [4.69, 9.17) is 15.8 Å². The van der Waals surface area contributed by atoms with Crippen LogP contribution in [0.4, 0.5) is 0 Å². The molecule has 0 bridgehead atoms. The van der Waals surface area contributed by atoms with E-state index in [0.29, 0.717) is 6.04 Å². The van der Waals surface area contributed by atoms with Gasteiger partial charge in [-0.05, 0) is 81.1 Å². The van der Waals surface area contributed by atoms with E-state index in [-0.39, 0.29) is 0 Å². The summed E-state index contributed by atoms with van der Waals surface area (Å²) in [7, 11) is 0. The Kier molecular flexibility index (Phi) is 7.81. The largest absolute Gasteiger partial charge is 0.316 e. The normalized spacial score (nSPS) is 20.1. The molecule has 0 saturated carbocycles. The van der Waals surface area contributed by atoms with E-state index in [0.717, 1.165) is 41.8 Å². The van der Waals surface area contributed by atoms with Crippen LogP contribution in [0.5, 0.6) is 0 Å². The minimum Gasteiger partial charge on any atom is -0.316 e. The molecule has 32 heavy (non-hydrogen) atoms. The van der Waals surface area contributed by atoms with Crippen molar-refractivity contribution in [2.75, 3.05) is 45.5 Å². The second-order valence-corrected chi connectivity index (χ2v) is 10.1. The monoisotopic (exact) mass is 453 g/mol. The van der Waals surface area contributed by atoms with E-state index < -0.39 is 0 Å². The molecule has 0 unspecified atom stereocenters. The van der Waals surface area contributed by atoms with Gasteiger partial charge in [-0.3, -0.25) is 10.3 Å². The third-order valence-corrected chi connectivity index (χ3v) is 7.70. The van der Waals surface area contributed by atoms with Crippen molar-refractivity contribution in [1.82, 2.24) is 19.4 Å². The number of thioether (sulfide) groups is 1. The molecule has 2 fully saturated rings. The third-order valence-electron chi connectivity index (χ3n) is 7.04. The van der Waals surface area contributed by atoms with Gasteiger partial charge in [-0.2, -0.15) is 0 Å². The van der Waals surface area contributed by atoms with E-state index in [2.05, 4.69) is 45.7 Å². The van der Waals surface area contributed by atoms with Crippen molar-refractivity contribution in [3.8, 4) is 0 Å². The van der Waals surface area contributed by atoms with E-state index in [9.17, 15) is 0 Å². The first-order chi connectivity index (χ1) is 15.6. The van der Waals surface area contributed by atoms with Gasteiger partial charge >= 0.3 is 0 Å². The molecule has 0 amide bonds. The maximum Gasteiger partial charge on any atom is 0.169 e. The Labute approximate surface area is 196 Å². The Bertz CT molecular complexity index is 964. The van der Waals surface area contributed by atoms with Crippen LogP contribution in [0.15, 0.2) is 35.0 Å². The highest BCUT2D eigenvalue weighted by Gasteiger charge is 2.27. The second kappa shape index (κ2) is 10.8. The van der Waals surface area contributed by atoms with Gasteiger partial charge in [-0.1, -0.05) is 17.8 Å². The van der Waals surface area contributed by atoms with Gasteiger partial charge < -0.3 is 14.9 Å². The zero-order valence-corrected chi connectivity index (χ0v) is 20.3. The van der Waals surface area contributed by atoms with Crippen molar-refractivity contribution in [2.24, 2.45) is 5.92 Å². The van der Waals surface area contributed by atoms with Gasteiger partial charge in [-0.25, -0.2) is 4.98 Å². The van der Waals surface area contributed by atoms with Crippen molar-refractivity contribution >= 4 is 35.2 Å². The van der Waals surface area contributed by atoms with Gasteiger partial charge in [0.1, 0.15) is 0 Å². The summed E-state index contributed by atoms with van der Waals surface area (Å²) in [5.41, 5.74) is 4.68. The average molecular weight is 454 g/mol. The fourth-order valence-electron chi connectivity index (χ4n) is 5.26. The molecule has 0 spiro atoms. The number of nitrogens with zero attached hydrogens (tertiary/aromatic N) is 4. The molecule has 6 nitrogen and oxygen atoms in total. The average Bonchev–Trinajstić information content (AvgIpc) is 3.18. The molecule has 3 heterocycles. The van der Waals surface area contributed by atoms with Crippen LogP contribution in [0.3, 0.4) is 0 Å². The quantitative estimate of drug-likeness (QED) is 0.476. The second-order valence-electron chi connectivity index (χ2n) is 9.29. The van der Waals surface area contributed by atoms with Gasteiger partial charge in [0.2, 0.25) is 0 Å². The molecule has 2 aliphatic rings.